The molecule has 0 aliphatic rings. The van der Waals surface area contributed by atoms with Gasteiger partial charge in [-0.15, -0.1) is 13.2 Å². The van der Waals surface area contributed by atoms with Crippen LogP contribution in [0, 0.1) is 0 Å². The first kappa shape index (κ1) is 22.8. The van der Waals surface area contributed by atoms with Crippen LogP contribution in [0.5, 0.6) is 11.5 Å². The molecule has 0 unspecified atom stereocenters. The number of alkyl halides is 6. The molecule has 2 N–H and O–H groups in total. The summed E-state index contributed by atoms with van der Waals surface area (Å²) >= 11 is 0. The number of benzene rings is 1. The summed E-state index contributed by atoms with van der Waals surface area (Å²) in [5, 5.41) is 0. The van der Waals surface area contributed by atoms with Crippen LogP contribution in [0.1, 0.15) is 5.56 Å². The Labute approximate surface area is 165 Å². The number of pyridine rings is 1. The van der Waals surface area contributed by atoms with E-state index in [4.69, 9.17) is 10.5 Å². The van der Waals surface area contributed by atoms with Crippen LogP contribution in [-0.4, -0.2) is 37.0 Å². The van der Waals surface area contributed by atoms with Crippen molar-refractivity contribution in [3.8, 4) is 17.2 Å². The van der Waals surface area contributed by atoms with Crippen molar-refractivity contribution in [2.75, 3.05) is 13.7 Å². The first-order chi connectivity index (χ1) is 13.9. The highest BCUT2D eigenvalue weighted by atomic mass is 19.4. The summed E-state index contributed by atoms with van der Waals surface area (Å²) in [6.07, 6.45) is -6.09. The van der Waals surface area contributed by atoms with Gasteiger partial charge in [-0.1, -0.05) is 0 Å². The van der Waals surface area contributed by atoms with Crippen LogP contribution in [0.25, 0.3) is 11.3 Å². The highest BCUT2D eigenvalue weighted by molar-refractivity contribution is 6.10. The van der Waals surface area contributed by atoms with E-state index >= 15 is 0 Å². The lowest BCUT2D eigenvalue weighted by molar-refractivity contribution is -0.274. The molecule has 2 rings (SSSR count). The molecule has 1 aromatic carbocycles. The van der Waals surface area contributed by atoms with Crippen molar-refractivity contribution in [3.05, 3.63) is 58.6 Å². The average molecular weight is 435 g/mol. The van der Waals surface area contributed by atoms with E-state index in [1.807, 2.05) is 0 Å². The Balaban J connectivity index is 2.52. The van der Waals surface area contributed by atoms with Crippen LogP contribution in [-0.2, 0) is 0 Å². The van der Waals surface area contributed by atoms with Crippen LogP contribution >= 0.6 is 0 Å². The summed E-state index contributed by atoms with van der Waals surface area (Å²) in [7, 11) is 1.40. The van der Waals surface area contributed by atoms with Crippen molar-refractivity contribution < 1.29 is 35.8 Å². The van der Waals surface area contributed by atoms with Crippen molar-refractivity contribution in [2.45, 2.75) is 12.5 Å². The van der Waals surface area contributed by atoms with E-state index in [2.05, 4.69) is 9.73 Å². The fourth-order valence-corrected chi connectivity index (χ4v) is 2.36. The summed E-state index contributed by atoms with van der Waals surface area (Å²) in [5.74, 6) is -0.896. The van der Waals surface area contributed by atoms with Gasteiger partial charge in [-0.25, -0.2) is 0 Å². The van der Waals surface area contributed by atoms with Crippen molar-refractivity contribution in [3.63, 3.8) is 0 Å². The van der Waals surface area contributed by atoms with Crippen molar-refractivity contribution in [2.24, 2.45) is 10.7 Å². The van der Waals surface area contributed by atoms with E-state index in [1.54, 1.807) is 0 Å². The molecule has 0 atom stereocenters. The predicted molar refractivity (Wildman–Crippen MR) is 96.9 cm³/mol. The zero-order valence-corrected chi connectivity index (χ0v) is 15.3. The van der Waals surface area contributed by atoms with Gasteiger partial charge in [0.15, 0.2) is 6.61 Å². The van der Waals surface area contributed by atoms with Gasteiger partial charge >= 0.3 is 12.5 Å². The highest BCUT2D eigenvalue weighted by Crippen LogP contribution is 2.27. The van der Waals surface area contributed by atoms with Gasteiger partial charge in [-0.3, -0.25) is 14.4 Å². The van der Waals surface area contributed by atoms with Crippen LogP contribution in [0.4, 0.5) is 26.3 Å². The number of halogens is 6. The van der Waals surface area contributed by atoms with Gasteiger partial charge in [-0.2, -0.15) is 13.2 Å². The molecular formula is C18H15F6N3O3. The fourth-order valence-electron chi connectivity index (χ4n) is 2.36. The van der Waals surface area contributed by atoms with Gasteiger partial charge in [0, 0.05) is 48.5 Å². The molecule has 0 amide bonds. The highest BCUT2D eigenvalue weighted by Gasteiger charge is 2.31. The third-order valence-electron chi connectivity index (χ3n) is 3.51. The minimum Gasteiger partial charge on any atom is -0.483 e. The number of rotatable bonds is 6. The molecule has 0 fully saturated rings. The molecule has 2 aromatic rings. The Kier molecular flexibility index (Phi) is 6.80. The maximum atomic E-state index is 12.5. The van der Waals surface area contributed by atoms with Gasteiger partial charge in [0.05, 0.1) is 0 Å². The van der Waals surface area contributed by atoms with Crippen molar-refractivity contribution >= 4 is 11.8 Å². The maximum absolute atomic E-state index is 12.5. The number of hydrogen-bond acceptors (Lipinski definition) is 5. The Morgan fingerprint density at radius 1 is 1.17 bits per heavy atom. The molecule has 0 radical (unpaired) electrons. The van der Waals surface area contributed by atoms with Gasteiger partial charge in [-0.05, 0) is 24.3 Å². The third kappa shape index (κ3) is 6.29. The van der Waals surface area contributed by atoms with E-state index in [1.165, 1.54) is 25.4 Å². The molecule has 0 saturated carbocycles. The predicted octanol–water partition coefficient (Wildman–Crippen LogP) is 3.68. The van der Waals surface area contributed by atoms with Crippen LogP contribution in [0.15, 0.2) is 52.5 Å². The normalized spacial score (nSPS) is 13.0. The molecule has 0 saturated heterocycles. The van der Waals surface area contributed by atoms with E-state index in [0.29, 0.717) is 0 Å². The summed E-state index contributed by atoms with van der Waals surface area (Å²) in [5.41, 5.74) is 5.02. The summed E-state index contributed by atoms with van der Waals surface area (Å²) in [6.45, 7) is -1.64. The Bertz CT molecular complexity index is 992. The largest absolute Gasteiger partial charge is 0.573 e. The average Bonchev–Trinajstić information content (AvgIpc) is 2.64. The minimum atomic E-state index is -4.89. The topological polar surface area (TPSA) is 78.8 Å². The molecule has 0 spiro atoms. The lowest BCUT2D eigenvalue weighted by atomic mass is 10.1. The number of ether oxygens (including phenoxy) is 2. The minimum absolute atomic E-state index is 0.0163. The van der Waals surface area contributed by atoms with Crippen molar-refractivity contribution in [1.82, 2.24) is 4.57 Å². The number of nitrogens with zero attached hydrogens (tertiary/aromatic N) is 2. The second-order valence-electron chi connectivity index (χ2n) is 5.71. The Morgan fingerprint density at radius 3 is 2.30 bits per heavy atom. The number of hydrogen-bond donors (Lipinski definition) is 1. The van der Waals surface area contributed by atoms with Crippen LogP contribution in [0.2, 0.25) is 0 Å². The second kappa shape index (κ2) is 8.93. The molecule has 30 heavy (non-hydrogen) atoms. The summed E-state index contributed by atoms with van der Waals surface area (Å²) in [4.78, 5) is 16.1. The van der Waals surface area contributed by atoms with Gasteiger partial charge < -0.3 is 15.2 Å². The Hall–Kier alpha value is -3.44. The monoisotopic (exact) mass is 435 g/mol. The molecule has 1 aromatic heterocycles. The van der Waals surface area contributed by atoms with E-state index in [0.717, 1.165) is 35.2 Å². The zero-order chi connectivity index (χ0) is 22.5. The van der Waals surface area contributed by atoms with Gasteiger partial charge in [0.2, 0.25) is 0 Å². The van der Waals surface area contributed by atoms with E-state index < -0.39 is 30.5 Å². The smallest absolute Gasteiger partial charge is 0.483 e. The number of allylic oxidation sites excluding steroid dienone is 1. The SMILES string of the molecule is CN=CC(=CN)c1cn(-c2ccc(OC(F)(F)F)cc2)c(=O)cc1OCC(F)(F)F. The molecule has 1 heterocycles. The lowest BCUT2D eigenvalue weighted by Crippen LogP contribution is -2.23. The standard InChI is InChI=1S/C18H15F6N3O3/c1-26-8-11(7-25)14-9-27(16(28)6-15(14)29-10-17(19,20)21)12-2-4-13(5-3-12)30-18(22,23)24/h2-9H,10,25H2,1H3. The summed E-state index contributed by atoms with van der Waals surface area (Å²) < 4.78 is 84.0. The molecular weight excluding hydrogens is 420 g/mol. The third-order valence-corrected chi connectivity index (χ3v) is 3.51. The quantitative estimate of drug-likeness (QED) is 0.555. The molecule has 6 nitrogen and oxygen atoms in total. The second-order valence-corrected chi connectivity index (χ2v) is 5.71. The fraction of sp³-hybridized carbons (Fsp3) is 0.222. The van der Waals surface area contributed by atoms with E-state index in [-0.39, 0.29) is 22.6 Å². The molecule has 0 aliphatic carbocycles. The van der Waals surface area contributed by atoms with Crippen LogP contribution < -0.4 is 20.8 Å². The molecule has 0 bridgehead atoms. The maximum Gasteiger partial charge on any atom is 0.573 e. The molecule has 162 valence electrons. The lowest BCUT2D eigenvalue weighted by Gasteiger charge is -2.16. The molecule has 12 heteroatoms. The summed E-state index contributed by atoms with van der Waals surface area (Å²) in [6, 6.07) is 5.12. The molecule has 0 aliphatic heterocycles. The van der Waals surface area contributed by atoms with E-state index in [9.17, 15) is 31.1 Å². The number of aliphatic imine (C=N–C) groups is 1. The van der Waals surface area contributed by atoms with Crippen LogP contribution in [0.3, 0.4) is 0 Å². The van der Waals surface area contributed by atoms with Gasteiger partial charge in [0.25, 0.3) is 5.56 Å². The van der Waals surface area contributed by atoms with Gasteiger partial charge in [0.1, 0.15) is 11.5 Å². The van der Waals surface area contributed by atoms with Crippen molar-refractivity contribution in [1.29, 1.82) is 0 Å². The number of nitrogens with two attached hydrogens (primary N) is 1. The first-order valence-corrected chi connectivity index (χ1v) is 8.10. The zero-order valence-electron chi connectivity index (χ0n) is 15.3. The number of aromatic nitrogens is 1. The first-order valence-electron chi connectivity index (χ1n) is 8.10. The Morgan fingerprint density at radius 2 is 1.80 bits per heavy atom.